The summed E-state index contributed by atoms with van der Waals surface area (Å²) in [5.41, 5.74) is 1.30. The SMILES string of the molecule is Fc1ccc(CCC2CCC(C3CCC(CC4CCC4)CC3)CC2)cc1. The summed E-state index contributed by atoms with van der Waals surface area (Å²) < 4.78 is 13.0. The summed E-state index contributed by atoms with van der Waals surface area (Å²) in [5, 5.41) is 0. The molecule has 0 N–H and O–H groups in total. The molecule has 0 saturated heterocycles. The molecule has 0 atom stereocenters. The van der Waals surface area contributed by atoms with E-state index in [1.165, 1.54) is 82.6 Å². The summed E-state index contributed by atoms with van der Waals surface area (Å²) in [6, 6.07) is 7.13. The Balaban J connectivity index is 1.14. The molecule has 0 unspecified atom stereocenters. The molecule has 0 radical (unpaired) electrons. The summed E-state index contributed by atoms with van der Waals surface area (Å²) in [6.45, 7) is 0. The van der Waals surface area contributed by atoms with Crippen molar-refractivity contribution in [2.24, 2.45) is 29.6 Å². The van der Waals surface area contributed by atoms with Gasteiger partial charge in [0.25, 0.3) is 0 Å². The fraction of sp³-hybridized carbons (Fsp3) is 0.760. The first-order valence-electron chi connectivity index (χ1n) is 11.5. The van der Waals surface area contributed by atoms with Crippen molar-refractivity contribution in [1.29, 1.82) is 0 Å². The van der Waals surface area contributed by atoms with Crippen LogP contribution in [-0.4, -0.2) is 0 Å². The van der Waals surface area contributed by atoms with E-state index in [0.29, 0.717) is 0 Å². The van der Waals surface area contributed by atoms with Crippen LogP contribution in [0.4, 0.5) is 4.39 Å². The van der Waals surface area contributed by atoms with Crippen LogP contribution in [0.2, 0.25) is 0 Å². The molecule has 4 rings (SSSR count). The minimum absolute atomic E-state index is 0.114. The number of hydrogen-bond donors (Lipinski definition) is 0. The first-order valence-corrected chi connectivity index (χ1v) is 11.5. The van der Waals surface area contributed by atoms with Gasteiger partial charge in [-0.25, -0.2) is 4.39 Å². The maximum absolute atomic E-state index is 13.0. The topological polar surface area (TPSA) is 0 Å². The molecule has 1 heteroatoms. The normalized spacial score (nSPS) is 33.0. The van der Waals surface area contributed by atoms with E-state index < -0.39 is 0 Å². The highest BCUT2D eigenvalue weighted by molar-refractivity contribution is 5.16. The largest absolute Gasteiger partial charge is 0.207 e. The van der Waals surface area contributed by atoms with Gasteiger partial charge in [0.1, 0.15) is 5.82 Å². The van der Waals surface area contributed by atoms with Crippen molar-refractivity contribution in [2.75, 3.05) is 0 Å². The Morgan fingerprint density at radius 3 is 1.73 bits per heavy atom. The summed E-state index contributed by atoms with van der Waals surface area (Å²) >= 11 is 0. The second-order valence-electron chi connectivity index (χ2n) is 9.76. The van der Waals surface area contributed by atoms with Gasteiger partial charge in [0.15, 0.2) is 0 Å². The predicted octanol–water partition coefficient (Wildman–Crippen LogP) is 7.56. The van der Waals surface area contributed by atoms with E-state index >= 15 is 0 Å². The second kappa shape index (κ2) is 8.89. The molecule has 1 aromatic rings. The van der Waals surface area contributed by atoms with Gasteiger partial charge in [0.2, 0.25) is 0 Å². The Kier molecular flexibility index (Phi) is 6.33. The van der Waals surface area contributed by atoms with Gasteiger partial charge < -0.3 is 0 Å². The fourth-order valence-electron chi connectivity index (χ4n) is 6.07. The molecule has 3 saturated carbocycles. The minimum atomic E-state index is -0.114. The molecule has 26 heavy (non-hydrogen) atoms. The molecule has 3 aliphatic carbocycles. The van der Waals surface area contributed by atoms with Crippen LogP contribution in [0.1, 0.15) is 89.0 Å². The van der Waals surface area contributed by atoms with Crippen LogP contribution >= 0.6 is 0 Å². The molecule has 144 valence electrons. The number of aryl methyl sites for hydroxylation is 1. The van der Waals surface area contributed by atoms with Crippen molar-refractivity contribution in [2.45, 2.75) is 89.9 Å². The number of hydrogen-bond acceptors (Lipinski definition) is 0. The quantitative estimate of drug-likeness (QED) is 0.493. The molecule has 3 fully saturated rings. The number of rotatable bonds is 6. The van der Waals surface area contributed by atoms with E-state index in [9.17, 15) is 4.39 Å². The Morgan fingerprint density at radius 1 is 0.654 bits per heavy atom. The third kappa shape index (κ3) is 4.90. The summed E-state index contributed by atoms with van der Waals surface area (Å²) in [7, 11) is 0. The van der Waals surface area contributed by atoms with E-state index in [1.807, 2.05) is 12.1 Å². The Hall–Kier alpha value is -0.850. The first-order chi connectivity index (χ1) is 12.8. The molecule has 0 aromatic heterocycles. The van der Waals surface area contributed by atoms with Gasteiger partial charge >= 0.3 is 0 Å². The van der Waals surface area contributed by atoms with E-state index in [2.05, 4.69) is 0 Å². The Labute approximate surface area is 160 Å². The molecule has 3 aliphatic rings. The zero-order chi connectivity index (χ0) is 17.8. The third-order valence-electron chi connectivity index (χ3n) is 8.10. The van der Waals surface area contributed by atoms with Crippen molar-refractivity contribution in [3.8, 4) is 0 Å². The number of halogens is 1. The molecule has 0 bridgehead atoms. The lowest BCUT2D eigenvalue weighted by molar-refractivity contribution is 0.126. The third-order valence-corrected chi connectivity index (χ3v) is 8.10. The summed E-state index contributed by atoms with van der Waals surface area (Å²) in [5.74, 6) is 5.05. The average Bonchev–Trinajstić information content (AvgIpc) is 2.65. The molecule has 0 aliphatic heterocycles. The van der Waals surface area contributed by atoms with Crippen molar-refractivity contribution >= 4 is 0 Å². The molecular formula is C25H37F. The minimum Gasteiger partial charge on any atom is -0.207 e. The van der Waals surface area contributed by atoms with Crippen LogP contribution in [0.25, 0.3) is 0 Å². The molecular weight excluding hydrogens is 319 g/mol. The highest BCUT2D eigenvalue weighted by atomic mass is 19.1. The van der Waals surface area contributed by atoms with Crippen molar-refractivity contribution in [1.82, 2.24) is 0 Å². The van der Waals surface area contributed by atoms with Crippen molar-refractivity contribution in [3.05, 3.63) is 35.6 Å². The van der Waals surface area contributed by atoms with Crippen molar-refractivity contribution < 1.29 is 4.39 Å². The summed E-state index contributed by atoms with van der Waals surface area (Å²) in [6.07, 6.45) is 20.5. The molecule has 0 nitrogen and oxygen atoms in total. The average molecular weight is 357 g/mol. The van der Waals surface area contributed by atoms with Gasteiger partial charge in [-0.05, 0) is 92.2 Å². The smallest absolute Gasteiger partial charge is 0.123 e. The van der Waals surface area contributed by atoms with E-state index in [0.717, 1.165) is 36.0 Å². The standard InChI is InChI=1S/C25H37F/c26-25-16-10-20(11-17-25)5-4-19-6-12-23(13-7-19)24-14-8-22(9-15-24)18-21-2-1-3-21/h10-11,16-17,19,21-24H,1-9,12-15,18H2. The Morgan fingerprint density at radius 2 is 1.19 bits per heavy atom. The predicted molar refractivity (Wildman–Crippen MR) is 108 cm³/mol. The molecule has 1 aromatic carbocycles. The lowest BCUT2D eigenvalue weighted by Crippen LogP contribution is -2.27. The maximum Gasteiger partial charge on any atom is 0.123 e. The summed E-state index contributed by atoms with van der Waals surface area (Å²) in [4.78, 5) is 0. The second-order valence-corrected chi connectivity index (χ2v) is 9.76. The Bertz CT molecular complexity index is 528. The highest BCUT2D eigenvalue weighted by Crippen LogP contribution is 2.44. The van der Waals surface area contributed by atoms with Gasteiger partial charge in [-0.3, -0.25) is 0 Å². The number of benzene rings is 1. The zero-order valence-electron chi connectivity index (χ0n) is 16.5. The van der Waals surface area contributed by atoms with Gasteiger partial charge in [-0.15, -0.1) is 0 Å². The maximum atomic E-state index is 13.0. The van der Waals surface area contributed by atoms with E-state index in [1.54, 1.807) is 18.6 Å². The van der Waals surface area contributed by atoms with Crippen LogP contribution in [-0.2, 0) is 6.42 Å². The molecule has 0 amide bonds. The monoisotopic (exact) mass is 356 g/mol. The van der Waals surface area contributed by atoms with Gasteiger partial charge in [0, 0.05) is 0 Å². The lowest BCUT2D eigenvalue weighted by atomic mass is 9.67. The lowest BCUT2D eigenvalue weighted by Gasteiger charge is -2.39. The van der Waals surface area contributed by atoms with Gasteiger partial charge in [-0.2, -0.15) is 0 Å². The van der Waals surface area contributed by atoms with Crippen LogP contribution in [0.15, 0.2) is 24.3 Å². The van der Waals surface area contributed by atoms with Crippen LogP contribution in [0, 0.1) is 35.4 Å². The zero-order valence-corrected chi connectivity index (χ0v) is 16.5. The first kappa shape index (κ1) is 18.5. The van der Waals surface area contributed by atoms with E-state index in [4.69, 9.17) is 0 Å². The molecule has 0 heterocycles. The van der Waals surface area contributed by atoms with E-state index in [-0.39, 0.29) is 5.82 Å². The molecule has 0 spiro atoms. The fourth-order valence-corrected chi connectivity index (χ4v) is 6.07. The van der Waals surface area contributed by atoms with Gasteiger partial charge in [0.05, 0.1) is 0 Å². The van der Waals surface area contributed by atoms with Gasteiger partial charge in [-0.1, -0.05) is 57.1 Å². The highest BCUT2D eigenvalue weighted by Gasteiger charge is 2.32. The van der Waals surface area contributed by atoms with Crippen LogP contribution in [0.5, 0.6) is 0 Å². The van der Waals surface area contributed by atoms with Crippen LogP contribution < -0.4 is 0 Å². The van der Waals surface area contributed by atoms with Crippen molar-refractivity contribution in [3.63, 3.8) is 0 Å². The van der Waals surface area contributed by atoms with Crippen LogP contribution in [0.3, 0.4) is 0 Å².